The minimum atomic E-state index is -0.353. The minimum Gasteiger partial charge on any atom is -0.352 e. The van der Waals surface area contributed by atoms with Crippen molar-refractivity contribution in [1.82, 2.24) is 10.6 Å². The van der Waals surface area contributed by atoms with Gasteiger partial charge in [0.1, 0.15) is 11.1 Å². The number of rotatable bonds is 5. The standard InChI is InChI=1S/C20H23FN2OS/c1-14-13-22-12-11-18(14)23-20(24)19(15-5-3-2-4-6-15)25-17-9-7-16(21)8-10-17/h2-10,14,18-19,22H,11-13H2,1H3,(H,23,24). The summed E-state index contributed by atoms with van der Waals surface area (Å²) >= 11 is 1.45. The van der Waals surface area contributed by atoms with Crippen molar-refractivity contribution in [3.05, 3.63) is 66.0 Å². The van der Waals surface area contributed by atoms with Gasteiger partial charge in [-0.25, -0.2) is 4.39 Å². The fourth-order valence-corrected chi connectivity index (χ4v) is 4.07. The van der Waals surface area contributed by atoms with Gasteiger partial charge in [-0.2, -0.15) is 0 Å². The minimum absolute atomic E-state index is 0.0132. The molecule has 1 amide bonds. The molecule has 0 aliphatic carbocycles. The van der Waals surface area contributed by atoms with Gasteiger partial charge in [0, 0.05) is 10.9 Å². The molecule has 5 heteroatoms. The molecule has 2 aromatic rings. The number of hydrogen-bond acceptors (Lipinski definition) is 3. The van der Waals surface area contributed by atoms with Crippen LogP contribution in [0.15, 0.2) is 59.5 Å². The fourth-order valence-electron chi connectivity index (χ4n) is 3.04. The summed E-state index contributed by atoms with van der Waals surface area (Å²) in [5.41, 5.74) is 0.955. The van der Waals surface area contributed by atoms with Gasteiger partial charge in [-0.3, -0.25) is 4.79 Å². The number of thioether (sulfide) groups is 1. The second-order valence-corrected chi connectivity index (χ2v) is 7.63. The second kappa shape index (κ2) is 8.50. The van der Waals surface area contributed by atoms with Crippen molar-refractivity contribution in [1.29, 1.82) is 0 Å². The number of benzene rings is 2. The number of halogens is 1. The number of carbonyl (C=O) groups is 1. The zero-order chi connectivity index (χ0) is 17.6. The van der Waals surface area contributed by atoms with Gasteiger partial charge < -0.3 is 10.6 Å². The fraction of sp³-hybridized carbons (Fsp3) is 0.350. The van der Waals surface area contributed by atoms with Crippen molar-refractivity contribution < 1.29 is 9.18 Å². The monoisotopic (exact) mass is 358 g/mol. The Labute approximate surface area is 152 Å². The molecule has 0 bridgehead atoms. The lowest BCUT2D eigenvalue weighted by Gasteiger charge is -2.31. The number of hydrogen-bond donors (Lipinski definition) is 2. The number of nitrogens with one attached hydrogen (secondary N) is 2. The predicted molar refractivity (Wildman–Crippen MR) is 100 cm³/mol. The number of carbonyl (C=O) groups excluding carboxylic acids is 1. The van der Waals surface area contributed by atoms with E-state index in [1.807, 2.05) is 30.3 Å². The first-order valence-corrected chi connectivity index (χ1v) is 9.49. The summed E-state index contributed by atoms with van der Waals surface area (Å²) in [7, 11) is 0. The Kier molecular flexibility index (Phi) is 6.10. The molecule has 1 heterocycles. The molecule has 3 rings (SSSR count). The molecule has 3 nitrogen and oxygen atoms in total. The molecule has 3 unspecified atom stereocenters. The van der Waals surface area contributed by atoms with Gasteiger partial charge in [-0.05, 0) is 55.3 Å². The van der Waals surface area contributed by atoms with Crippen LogP contribution in [-0.4, -0.2) is 25.0 Å². The summed E-state index contributed by atoms with van der Waals surface area (Å²) in [5.74, 6) is 0.151. The lowest BCUT2D eigenvalue weighted by Crippen LogP contribution is -2.49. The smallest absolute Gasteiger partial charge is 0.238 e. The van der Waals surface area contributed by atoms with Crippen LogP contribution in [-0.2, 0) is 4.79 Å². The van der Waals surface area contributed by atoms with E-state index in [4.69, 9.17) is 0 Å². The maximum Gasteiger partial charge on any atom is 0.238 e. The molecule has 3 atom stereocenters. The molecule has 0 radical (unpaired) electrons. The Morgan fingerprint density at radius 1 is 1.20 bits per heavy atom. The average molecular weight is 358 g/mol. The van der Waals surface area contributed by atoms with Gasteiger partial charge in [0.05, 0.1) is 0 Å². The molecular formula is C20H23FN2OS. The SMILES string of the molecule is CC1CNCCC1NC(=O)C(Sc1ccc(F)cc1)c1ccccc1. The Balaban J connectivity index is 1.78. The molecular weight excluding hydrogens is 335 g/mol. The van der Waals surface area contributed by atoms with Crippen LogP contribution in [0.1, 0.15) is 24.2 Å². The topological polar surface area (TPSA) is 41.1 Å². The molecule has 2 aromatic carbocycles. The summed E-state index contributed by atoms with van der Waals surface area (Å²) in [6.45, 7) is 4.00. The summed E-state index contributed by atoms with van der Waals surface area (Å²) in [5, 5.41) is 6.22. The maximum atomic E-state index is 13.2. The van der Waals surface area contributed by atoms with Gasteiger partial charge in [0.25, 0.3) is 0 Å². The average Bonchev–Trinajstić information content (AvgIpc) is 2.64. The number of piperidine rings is 1. The van der Waals surface area contributed by atoms with Gasteiger partial charge in [-0.1, -0.05) is 37.3 Å². The summed E-state index contributed by atoms with van der Waals surface area (Å²) in [6, 6.07) is 16.2. The van der Waals surface area contributed by atoms with Crippen LogP contribution in [0.25, 0.3) is 0 Å². The van der Waals surface area contributed by atoms with Crippen LogP contribution in [0.2, 0.25) is 0 Å². The quantitative estimate of drug-likeness (QED) is 0.800. The van der Waals surface area contributed by atoms with Crippen molar-refractivity contribution in [3.63, 3.8) is 0 Å². The first-order chi connectivity index (χ1) is 12.1. The van der Waals surface area contributed by atoms with E-state index < -0.39 is 0 Å². The maximum absolute atomic E-state index is 13.2. The first-order valence-electron chi connectivity index (χ1n) is 8.62. The molecule has 25 heavy (non-hydrogen) atoms. The van der Waals surface area contributed by atoms with Crippen molar-refractivity contribution in [3.8, 4) is 0 Å². The Morgan fingerprint density at radius 3 is 2.60 bits per heavy atom. The van der Waals surface area contributed by atoms with Crippen molar-refractivity contribution in [2.75, 3.05) is 13.1 Å². The molecule has 2 N–H and O–H groups in total. The first kappa shape index (κ1) is 18.0. The zero-order valence-electron chi connectivity index (χ0n) is 14.2. The summed E-state index contributed by atoms with van der Waals surface area (Å²) < 4.78 is 13.2. The highest BCUT2D eigenvalue weighted by molar-refractivity contribution is 8.00. The van der Waals surface area contributed by atoms with Gasteiger partial charge in [0.2, 0.25) is 5.91 Å². The van der Waals surface area contributed by atoms with E-state index in [1.165, 1.54) is 23.9 Å². The van der Waals surface area contributed by atoms with Crippen molar-refractivity contribution in [2.24, 2.45) is 5.92 Å². The van der Waals surface area contributed by atoms with Crippen molar-refractivity contribution >= 4 is 17.7 Å². The molecule has 1 aliphatic heterocycles. The van der Waals surface area contributed by atoms with E-state index in [1.54, 1.807) is 12.1 Å². The Morgan fingerprint density at radius 2 is 1.92 bits per heavy atom. The summed E-state index contributed by atoms with van der Waals surface area (Å²) in [4.78, 5) is 13.9. The van der Waals surface area contributed by atoms with Gasteiger partial charge in [0.15, 0.2) is 0 Å². The Hall–Kier alpha value is -1.85. The van der Waals surface area contributed by atoms with E-state index >= 15 is 0 Å². The third-order valence-corrected chi connectivity index (χ3v) is 5.79. The highest BCUT2D eigenvalue weighted by Crippen LogP contribution is 2.35. The summed E-state index contributed by atoms with van der Waals surface area (Å²) in [6.07, 6.45) is 0.940. The lowest BCUT2D eigenvalue weighted by molar-refractivity contribution is -0.121. The third-order valence-electron chi connectivity index (χ3n) is 4.52. The van der Waals surface area contributed by atoms with E-state index in [2.05, 4.69) is 17.6 Å². The molecule has 1 fully saturated rings. The highest BCUT2D eigenvalue weighted by atomic mass is 32.2. The van der Waals surface area contributed by atoms with E-state index in [-0.39, 0.29) is 23.0 Å². The van der Waals surface area contributed by atoms with Crippen LogP contribution < -0.4 is 10.6 Å². The van der Waals surface area contributed by atoms with Crippen molar-refractivity contribution in [2.45, 2.75) is 29.5 Å². The molecule has 0 spiro atoms. The third kappa shape index (κ3) is 4.83. The normalized spacial score (nSPS) is 21.5. The van der Waals surface area contributed by atoms with E-state index in [0.29, 0.717) is 5.92 Å². The van der Waals surface area contributed by atoms with E-state index in [0.717, 1.165) is 30.0 Å². The number of amides is 1. The van der Waals surface area contributed by atoms with Gasteiger partial charge >= 0.3 is 0 Å². The Bertz CT molecular complexity index is 693. The van der Waals surface area contributed by atoms with Crippen LogP contribution in [0.5, 0.6) is 0 Å². The van der Waals surface area contributed by atoms with Crippen LogP contribution >= 0.6 is 11.8 Å². The zero-order valence-corrected chi connectivity index (χ0v) is 15.1. The molecule has 0 aromatic heterocycles. The largest absolute Gasteiger partial charge is 0.352 e. The van der Waals surface area contributed by atoms with Gasteiger partial charge in [-0.15, -0.1) is 11.8 Å². The predicted octanol–water partition coefficient (Wildman–Crippen LogP) is 3.77. The highest BCUT2D eigenvalue weighted by Gasteiger charge is 2.28. The van der Waals surface area contributed by atoms with Crippen LogP contribution in [0, 0.1) is 11.7 Å². The lowest BCUT2D eigenvalue weighted by atomic mass is 9.95. The molecule has 0 saturated carbocycles. The molecule has 132 valence electrons. The second-order valence-electron chi connectivity index (χ2n) is 6.45. The van der Waals surface area contributed by atoms with E-state index in [9.17, 15) is 9.18 Å². The van der Waals surface area contributed by atoms with Crippen LogP contribution in [0.3, 0.4) is 0 Å². The van der Waals surface area contributed by atoms with Crippen LogP contribution in [0.4, 0.5) is 4.39 Å². The molecule has 1 saturated heterocycles. The molecule has 1 aliphatic rings.